The molecule has 0 aliphatic rings. The van der Waals surface area contributed by atoms with Crippen LogP contribution < -0.4 is 25.3 Å². The fourth-order valence-electron chi connectivity index (χ4n) is 2.81. The quantitative estimate of drug-likeness (QED) is 0.510. The first-order valence-corrected chi connectivity index (χ1v) is 9.92. The monoisotopic (exact) mass is 429 g/mol. The number of carbonyl (C=O) groups is 1. The number of esters is 1. The predicted octanol–water partition coefficient (Wildman–Crippen LogP) is 4.34. The van der Waals surface area contributed by atoms with Gasteiger partial charge in [0.2, 0.25) is 0 Å². The Balaban J connectivity index is 2.10. The third-order valence-corrected chi connectivity index (χ3v) is 5.38. The second-order valence-electron chi connectivity index (χ2n) is 6.05. The number of hydrogen-bond donors (Lipinski definition) is 2. The third-order valence-electron chi connectivity index (χ3n) is 4.28. The minimum Gasteiger partial charge on any atom is -0.497 e. The maximum atomic E-state index is 12.4. The highest BCUT2D eigenvalue weighted by atomic mass is 32.1. The van der Waals surface area contributed by atoms with Crippen molar-refractivity contribution in [2.45, 2.75) is 6.92 Å². The fraction of sp³-hybridized carbons (Fsp3) is 0.238. The number of rotatable bonds is 8. The van der Waals surface area contributed by atoms with E-state index in [1.54, 1.807) is 33.4 Å². The molecule has 0 bridgehead atoms. The molecule has 0 saturated heterocycles. The Morgan fingerprint density at radius 3 is 2.40 bits per heavy atom. The molecule has 8 nitrogen and oxygen atoms in total. The Morgan fingerprint density at radius 2 is 1.80 bits per heavy atom. The Labute approximate surface area is 178 Å². The zero-order valence-electron chi connectivity index (χ0n) is 17.1. The van der Waals surface area contributed by atoms with E-state index in [2.05, 4.69) is 10.3 Å². The number of carbonyl (C=O) groups excluding carboxylic acids is 1. The van der Waals surface area contributed by atoms with Gasteiger partial charge in [0.1, 0.15) is 15.6 Å². The smallest absolute Gasteiger partial charge is 0.350 e. The molecule has 30 heavy (non-hydrogen) atoms. The van der Waals surface area contributed by atoms with Gasteiger partial charge in [0.25, 0.3) is 0 Å². The molecule has 0 aliphatic heterocycles. The Hall–Kier alpha value is -3.46. The molecule has 0 unspecified atom stereocenters. The van der Waals surface area contributed by atoms with E-state index in [0.717, 1.165) is 11.4 Å². The molecular weight excluding hydrogens is 406 g/mol. The largest absolute Gasteiger partial charge is 0.497 e. The van der Waals surface area contributed by atoms with Gasteiger partial charge in [-0.05, 0) is 31.2 Å². The van der Waals surface area contributed by atoms with Crippen LogP contribution in [0.2, 0.25) is 0 Å². The molecule has 3 N–H and O–H groups in total. The summed E-state index contributed by atoms with van der Waals surface area (Å²) in [4.78, 5) is 17.2. The Kier molecular flexibility index (Phi) is 6.63. The summed E-state index contributed by atoms with van der Waals surface area (Å²) < 4.78 is 21.0. The van der Waals surface area contributed by atoms with Crippen molar-refractivity contribution in [3.05, 3.63) is 41.4 Å². The van der Waals surface area contributed by atoms with Crippen molar-refractivity contribution in [2.75, 3.05) is 39.0 Å². The van der Waals surface area contributed by atoms with Crippen LogP contribution in [0.1, 0.15) is 16.6 Å². The standard InChI is InChI=1S/C21H23N3O5S/c1-5-29-21(25)19-18(22)17(14-10-15(27-3)16(28-4)11-23-14)20(30-19)24-12-6-8-13(26-2)9-7-12/h6-11,24H,5,22H2,1-4H3. The summed E-state index contributed by atoms with van der Waals surface area (Å²) in [6, 6.07) is 9.11. The fourth-order valence-corrected chi connectivity index (χ4v) is 3.86. The van der Waals surface area contributed by atoms with Crippen LogP contribution in [-0.4, -0.2) is 38.9 Å². The molecule has 0 amide bonds. The lowest BCUT2D eigenvalue weighted by molar-refractivity contribution is 0.0533. The van der Waals surface area contributed by atoms with Crippen molar-refractivity contribution in [2.24, 2.45) is 0 Å². The second kappa shape index (κ2) is 9.36. The molecule has 3 rings (SSSR count). The van der Waals surface area contributed by atoms with Crippen LogP contribution in [0, 0.1) is 0 Å². The summed E-state index contributed by atoms with van der Waals surface area (Å²) in [6.07, 6.45) is 1.55. The van der Waals surface area contributed by atoms with E-state index in [-0.39, 0.29) is 12.3 Å². The van der Waals surface area contributed by atoms with Crippen molar-refractivity contribution >= 4 is 33.7 Å². The molecule has 0 radical (unpaired) electrons. The van der Waals surface area contributed by atoms with E-state index in [1.165, 1.54) is 18.4 Å². The number of ether oxygens (including phenoxy) is 4. The van der Waals surface area contributed by atoms with Gasteiger partial charge in [0.15, 0.2) is 11.5 Å². The molecule has 3 aromatic rings. The van der Waals surface area contributed by atoms with Gasteiger partial charge >= 0.3 is 5.97 Å². The van der Waals surface area contributed by atoms with Crippen LogP contribution in [0.5, 0.6) is 17.2 Å². The van der Waals surface area contributed by atoms with Crippen LogP contribution in [0.3, 0.4) is 0 Å². The van der Waals surface area contributed by atoms with E-state index >= 15 is 0 Å². The van der Waals surface area contributed by atoms with E-state index in [4.69, 9.17) is 24.7 Å². The van der Waals surface area contributed by atoms with Crippen molar-refractivity contribution in [1.82, 2.24) is 4.98 Å². The number of anilines is 3. The maximum Gasteiger partial charge on any atom is 0.350 e. The van der Waals surface area contributed by atoms with Gasteiger partial charge < -0.3 is 30.0 Å². The molecule has 0 atom stereocenters. The number of nitrogens with zero attached hydrogens (tertiary/aromatic N) is 1. The molecule has 2 heterocycles. The first-order chi connectivity index (χ1) is 14.5. The lowest BCUT2D eigenvalue weighted by Gasteiger charge is -2.11. The van der Waals surface area contributed by atoms with Gasteiger partial charge in [-0.1, -0.05) is 0 Å². The summed E-state index contributed by atoms with van der Waals surface area (Å²) in [7, 11) is 4.68. The first-order valence-electron chi connectivity index (χ1n) is 9.11. The van der Waals surface area contributed by atoms with Crippen LogP contribution >= 0.6 is 11.3 Å². The summed E-state index contributed by atoms with van der Waals surface area (Å²) in [6.45, 7) is 2.00. The zero-order chi connectivity index (χ0) is 21.7. The van der Waals surface area contributed by atoms with Gasteiger partial charge in [-0.15, -0.1) is 11.3 Å². The predicted molar refractivity (Wildman–Crippen MR) is 117 cm³/mol. The molecule has 2 aromatic heterocycles. The van der Waals surface area contributed by atoms with Crippen LogP contribution in [-0.2, 0) is 4.74 Å². The number of benzene rings is 1. The van der Waals surface area contributed by atoms with E-state index in [1.807, 2.05) is 24.3 Å². The van der Waals surface area contributed by atoms with Gasteiger partial charge in [-0.25, -0.2) is 4.79 Å². The molecule has 0 aliphatic carbocycles. The zero-order valence-corrected chi connectivity index (χ0v) is 18.0. The van der Waals surface area contributed by atoms with Gasteiger partial charge in [-0.3, -0.25) is 4.98 Å². The number of aromatic nitrogens is 1. The number of nitrogens with one attached hydrogen (secondary N) is 1. The van der Waals surface area contributed by atoms with Crippen molar-refractivity contribution in [3.63, 3.8) is 0 Å². The molecule has 158 valence electrons. The molecule has 0 fully saturated rings. The summed E-state index contributed by atoms with van der Waals surface area (Å²) in [5, 5.41) is 3.96. The molecule has 9 heteroatoms. The lowest BCUT2D eigenvalue weighted by atomic mass is 10.1. The SMILES string of the molecule is CCOC(=O)c1sc(Nc2ccc(OC)cc2)c(-c2cc(OC)c(OC)cn2)c1N. The summed E-state index contributed by atoms with van der Waals surface area (Å²) >= 11 is 1.20. The van der Waals surface area contributed by atoms with Gasteiger partial charge in [0.05, 0.1) is 51.1 Å². The Morgan fingerprint density at radius 1 is 1.10 bits per heavy atom. The number of thiophene rings is 1. The highest BCUT2D eigenvalue weighted by Gasteiger charge is 2.25. The topological polar surface area (TPSA) is 105 Å². The average molecular weight is 429 g/mol. The highest BCUT2D eigenvalue weighted by molar-refractivity contribution is 7.19. The molecular formula is C21H23N3O5S. The highest BCUT2D eigenvalue weighted by Crippen LogP contribution is 2.45. The minimum absolute atomic E-state index is 0.251. The number of pyridine rings is 1. The van der Waals surface area contributed by atoms with Crippen molar-refractivity contribution < 1.29 is 23.7 Å². The minimum atomic E-state index is -0.482. The van der Waals surface area contributed by atoms with Gasteiger partial charge in [-0.2, -0.15) is 0 Å². The van der Waals surface area contributed by atoms with Crippen LogP contribution in [0.25, 0.3) is 11.3 Å². The van der Waals surface area contributed by atoms with E-state index in [0.29, 0.717) is 32.6 Å². The maximum absolute atomic E-state index is 12.4. The average Bonchev–Trinajstić information content (AvgIpc) is 3.09. The molecule has 1 aromatic carbocycles. The van der Waals surface area contributed by atoms with Gasteiger partial charge in [0, 0.05) is 11.8 Å². The second-order valence-corrected chi connectivity index (χ2v) is 7.07. The number of nitrogen functional groups attached to an aromatic ring is 1. The normalized spacial score (nSPS) is 10.4. The molecule has 0 saturated carbocycles. The number of methoxy groups -OCH3 is 3. The van der Waals surface area contributed by atoms with Crippen molar-refractivity contribution in [1.29, 1.82) is 0 Å². The number of nitrogens with two attached hydrogens (primary N) is 1. The van der Waals surface area contributed by atoms with Crippen LogP contribution in [0.15, 0.2) is 36.5 Å². The van der Waals surface area contributed by atoms with Crippen LogP contribution in [0.4, 0.5) is 16.4 Å². The molecule has 0 spiro atoms. The summed E-state index contributed by atoms with van der Waals surface area (Å²) in [5.41, 5.74) is 8.57. The lowest BCUT2D eigenvalue weighted by Crippen LogP contribution is -2.05. The number of hydrogen-bond acceptors (Lipinski definition) is 9. The van der Waals surface area contributed by atoms with E-state index in [9.17, 15) is 4.79 Å². The summed E-state index contributed by atoms with van der Waals surface area (Å²) in [5.74, 6) is 1.25. The van der Waals surface area contributed by atoms with Crippen molar-refractivity contribution in [3.8, 4) is 28.5 Å². The third kappa shape index (κ3) is 4.25. The first kappa shape index (κ1) is 21.3. The van der Waals surface area contributed by atoms with E-state index < -0.39 is 5.97 Å². The Bertz CT molecular complexity index is 1030.